The van der Waals surface area contributed by atoms with Crippen molar-refractivity contribution < 1.29 is 14.2 Å². The van der Waals surface area contributed by atoms with Gasteiger partial charge in [0, 0.05) is 29.9 Å². The third kappa shape index (κ3) is 3.28. The first-order valence-corrected chi connectivity index (χ1v) is 6.71. The van der Waals surface area contributed by atoms with Crippen LogP contribution >= 0.6 is 0 Å². The fourth-order valence-electron chi connectivity index (χ4n) is 2.18. The number of benzene rings is 1. The van der Waals surface area contributed by atoms with Crippen LogP contribution in [0.1, 0.15) is 24.1 Å². The molecule has 21 heavy (non-hydrogen) atoms. The van der Waals surface area contributed by atoms with Gasteiger partial charge in [-0.2, -0.15) is 5.10 Å². The number of hydrogen-bond acceptors (Lipinski definition) is 5. The van der Waals surface area contributed by atoms with Gasteiger partial charge in [-0.25, -0.2) is 0 Å². The van der Waals surface area contributed by atoms with Crippen molar-refractivity contribution >= 4 is 0 Å². The molecule has 114 valence electrons. The second-order valence-electron chi connectivity index (χ2n) is 4.63. The molecule has 0 amide bonds. The lowest BCUT2D eigenvalue weighted by molar-refractivity contribution is 0.321. The second-order valence-corrected chi connectivity index (χ2v) is 4.63. The van der Waals surface area contributed by atoms with Crippen molar-refractivity contribution in [2.24, 2.45) is 0 Å². The third-order valence-corrected chi connectivity index (χ3v) is 3.40. The zero-order valence-corrected chi connectivity index (χ0v) is 12.8. The molecule has 0 bridgehead atoms. The highest BCUT2D eigenvalue weighted by Crippen LogP contribution is 2.39. The van der Waals surface area contributed by atoms with E-state index < -0.39 is 0 Å². The first kappa shape index (κ1) is 15.2. The first-order chi connectivity index (χ1) is 10.2. The summed E-state index contributed by atoms with van der Waals surface area (Å²) in [5.74, 6) is 1.94. The molecule has 6 heteroatoms. The van der Waals surface area contributed by atoms with Crippen LogP contribution in [-0.2, 0) is 6.54 Å². The van der Waals surface area contributed by atoms with Crippen molar-refractivity contribution in [3.8, 4) is 17.2 Å². The van der Waals surface area contributed by atoms with Crippen LogP contribution < -0.4 is 19.5 Å². The zero-order valence-electron chi connectivity index (χ0n) is 12.8. The largest absolute Gasteiger partial charge is 0.493 e. The molecule has 0 radical (unpaired) electrons. The van der Waals surface area contributed by atoms with E-state index in [1.165, 1.54) is 0 Å². The summed E-state index contributed by atoms with van der Waals surface area (Å²) in [5, 5.41) is 10.2. The Labute approximate surface area is 124 Å². The van der Waals surface area contributed by atoms with Crippen LogP contribution in [0.2, 0.25) is 0 Å². The molecule has 0 spiro atoms. The molecular weight excluding hydrogens is 270 g/mol. The molecule has 0 aliphatic heterocycles. The Kier molecular flexibility index (Phi) is 5.05. The van der Waals surface area contributed by atoms with E-state index >= 15 is 0 Å². The lowest BCUT2D eigenvalue weighted by atomic mass is 10.1. The van der Waals surface area contributed by atoms with Gasteiger partial charge in [0.1, 0.15) is 0 Å². The van der Waals surface area contributed by atoms with Gasteiger partial charge in [-0.1, -0.05) is 6.07 Å². The summed E-state index contributed by atoms with van der Waals surface area (Å²) in [7, 11) is 4.84. The summed E-state index contributed by atoms with van der Waals surface area (Å²) in [6, 6.07) is 4.03. The van der Waals surface area contributed by atoms with Crippen molar-refractivity contribution in [3.63, 3.8) is 0 Å². The standard InChI is InChI=1S/C15H21N3O3/c1-10(12-8-17-18-9-12)16-7-11-5-6-13(19-2)15(21-4)14(11)20-3/h5-6,8-10,16H,7H2,1-4H3,(H,17,18). The predicted octanol–water partition coefficient (Wildman–Crippen LogP) is 2.29. The minimum atomic E-state index is 0.182. The molecule has 2 N–H and O–H groups in total. The first-order valence-electron chi connectivity index (χ1n) is 6.71. The number of rotatable bonds is 7. The highest BCUT2D eigenvalue weighted by Gasteiger charge is 2.16. The minimum absolute atomic E-state index is 0.182. The topological polar surface area (TPSA) is 68.4 Å². The molecule has 1 atom stereocenters. The molecule has 0 saturated carbocycles. The number of aromatic amines is 1. The fourth-order valence-corrected chi connectivity index (χ4v) is 2.18. The summed E-state index contributed by atoms with van der Waals surface area (Å²) < 4.78 is 16.1. The van der Waals surface area contributed by atoms with Gasteiger partial charge >= 0.3 is 0 Å². The number of aromatic nitrogens is 2. The number of nitrogens with zero attached hydrogens (tertiary/aromatic N) is 1. The maximum atomic E-state index is 5.47. The van der Waals surface area contributed by atoms with E-state index in [4.69, 9.17) is 14.2 Å². The number of nitrogens with one attached hydrogen (secondary N) is 2. The Bertz CT molecular complexity index is 570. The quantitative estimate of drug-likeness (QED) is 0.819. The van der Waals surface area contributed by atoms with E-state index in [0.717, 1.165) is 11.1 Å². The van der Waals surface area contributed by atoms with E-state index in [1.54, 1.807) is 21.3 Å². The van der Waals surface area contributed by atoms with Crippen LogP contribution in [0.15, 0.2) is 24.5 Å². The van der Waals surface area contributed by atoms with Crippen LogP contribution in [0, 0.1) is 0 Å². The summed E-state index contributed by atoms with van der Waals surface area (Å²) >= 11 is 0. The van der Waals surface area contributed by atoms with E-state index in [2.05, 4.69) is 22.4 Å². The van der Waals surface area contributed by atoms with Gasteiger partial charge in [-0.05, 0) is 13.0 Å². The molecule has 1 unspecified atom stereocenters. The Hall–Kier alpha value is -2.21. The van der Waals surface area contributed by atoms with E-state index in [1.807, 2.05) is 24.5 Å². The second kappa shape index (κ2) is 6.99. The Morgan fingerprint density at radius 1 is 1.14 bits per heavy atom. The van der Waals surface area contributed by atoms with Gasteiger partial charge in [0.15, 0.2) is 11.5 Å². The van der Waals surface area contributed by atoms with Gasteiger partial charge in [0.05, 0.1) is 27.5 Å². The zero-order chi connectivity index (χ0) is 15.2. The average Bonchev–Trinajstić information content (AvgIpc) is 3.05. The highest BCUT2D eigenvalue weighted by atomic mass is 16.5. The molecule has 0 aliphatic rings. The molecule has 1 aromatic carbocycles. The number of methoxy groups -OCH3 is 3. The number of H-pyrrole nitrogens is 1. The maximum Gasteiger partial charge on any atom is 0.203 e. The van der Waals surface area contributed by atoms with Gasteiger partial charge in [0.25, 0.3) is 0 Å². The molecule has 0 aliphatic carbocycles. The SMILES string of the molecule is COc1ccc(CNC(C)c2cn[nH]c2)c(OC)c1OC. The monoisotopic (exact) mass is 291 g/mol. The molecule has 2 aromatic rings. The lowest BCUT2D eigenvalue weighted by Gasteiger charge is -2.17. The van der Waals surface area contributed by atoms with Gasteiger partial charge < -0.3 is 19.5 Å². The summed E-state index contributed by atoms with van der Waals surface area (Å²) in [5.41, 5.74) is 2.11. The van der Waals surface area contributed by atoms with Crippen molar-refractivity contribution in [1.29, 1.82) is 0 Å². The molecule has 1 aromatic heterocycles. The average molecular weight is 291 g/mol. The van der Waals surface area contributed by atoms with Crippen LogP contribution in [-0.4, -0.2) is 31.5 Å². The van der Waals surface area contributed by atoms with Crippen molar-refractivity contribution in [2.75, 3.05) is 21.3 Å². The van der Waals surface area contributed by atoms with Crippen LogP contribution in [0.3, 0.4) is 0 Å². The van der Waals surface area contributed by atoms with Crippen LogP contribution in [0.4, 0.5) is 0 Å². The summed E-state index contributed by atoms with van der Waals surface area (Å²) in [6.07, 6.45) is 3.69. The molecule has 6 nitrogen and oxygen atoms in total. The van der Waals surface area contributed by atoms with Crippen LogP contribution in [0.25, 0.3) is 0 Å². The van der Waals surface area contributed by atoms with E-state index in [9.17, 15) is 0 Å². The highest BCUT2D eigenvalue weighted by molar-refractivity contribution is 5.55. The number of ether oxygens (including phenoxy) is 3. The van der Waals surface area contributed by atoms with Crippen molar-refractivity contribution in [2.45, 2.75) is 19.5 Å². The summed E-state index contributed by atoms with van der Waals surface area (Å²) in [4.78, 5) is 0. The lowest BCUT2D eigenvalue weighted by Crippen LogP contribution is -2.18. The van der Waals surface area contributed by atoms with Crippen molar-refractivity contribution in [1.82, 2.24) is 15.5 Å². The molecule has 2 rings (SSSR count). The summed E-state index contributed by atoms with van der Waals surface area (Å²) in [6.45, 7) is 2.73. The molecule has 1 heterocycles. The van der Waals surface area contributed by atoms with Gasteiger partial charge in [0.2, 0.25) is 5.75 Å². The molecular formula is C15H21N3O3. The minimum Gasteiger partial charge on any atom is -0.493 e. The Morgan fingerprint density at radius 3 is 2.48 bits per heavy atom. The normalized spacial score (nSPS) is 12.0. The van der Waals surface area contributed by atoms with Gasteiger partial charge in [-0.15, -0.1) is 0 Å². The Morgan fingerprint density at radius 2 is 1.90 bits per heavy atom. The van der Waals surface area contributed by atoms with E-state index in [-0.39, 0.29) is 6.04 Å². The van der Waals surface area contributed by atoms with Crippen molar-refractivity contribution in [3.05, 3.63) is 35.7 Å². The third-order valence-electron chi connectivity index (χ3n) is 3.40. The Balaban J connectivity index is 2.16. The molecule has 0 fully saturated rings. The van der Waals surface area contributed by atoms with E-state index in [0.29, 0.717) is 23.8 Å². The fraction of sp³-hybridized carbons (Fsp3) is 0.400. The maximum absolute atomic E-state index is 5.47. The molecule has 0 saturated heterocycles. The smallest absolute Gasteiger partial charge is 0.203 e. The predicted molar refractivity (Wildman–Crippen MR) is 79.9 cm³/mol. The van der Waals surface area contributed by atoms with Crippen LogP contribution in [0.5, 0.6) is 17.2 Å². The number of hydrogen-bond donors (Lipinski definition) is 2. The van der Waals surface area contributed by atoms with Gasteiger partial charge in [-0.3, -0.25) is 5.10 Å².